The van der Waals surface area contributed by atoms with E-state index in [2.05, 4.69) is 20.4 Å². The van der Waals surface area contributed by atoms with Crippen LogP contribution in [0.25, 0.3) is 0 Å². The Kier molecular flexibility index (Phi) is 7.07. The molecule has 7 nitrogen and oxygen atoms in total. The van der Waals surface area contributed by atoms with E-state index in [9.17, 15) is 13.9 Å². The van der Waals surface area contributed by atoms with Crippen LogP contribution in [-0.2, 0) is 6.54 Å². The fourth-order valence-electron chi connectivity index (χ4n) is 2.73. The SMILES string of the molecule is CCNC(=NCc1ccc2c(c1)OCO2)NCC(O)c1ccc(OC(F)F)cc1. The van der Waals surface area contributed by atoms with Crippen molar-refractivity contribution in [3.8, 4) is 17.2 Å². The molecule has 2 aromatic carbocycles. The molecule has 1 atom stereocenters. The number of ether oxygens (including phenoxy) is 3. The normalized spacial score (nSPS) is 14.0. The van der Waals surface area contributed by atoms with Crippen molar-refractivity contribution in [3.05, 3.63) is 53.6 Å². The highest BCUT2D eigenvalue weighted by molar-refractivity contribution is 5.79. The van der Waals surface area contributed by atoms with E-state index in [-0.39, 0.29) is 19.1 Å². The molecule has 156 valence electrons. The van der Waals surface area contributed by atoms with Crippen LogP contribution in [0.4, 0.5) is 8.78 Å². The highest BCUT2D eigenvalue weighted by atomic mass is 19.3. The lowest BCUT2D eigenvalue weighted by Crippen LogP contribution is -2.39. The summed E-state index contributed by atoms with van der Waals surface area (Å²) in [5.74, 6) is 2.01. The number of hydrogen-bond acceptors (Lipinski definition) is 5. The van der Waals surface area contributed by atoms with Crippen LogP contribution in [0.3, 0.4) is 0 Å². The average Bonchev–Trinajstić information content (AvgIpc) is 3.18. The molecule has 1 unspecified atom stereocenters. The van der Waals surface area contributed by atoms with Crippen LogP contribution >= 0.6 is 0 Å². The van der Waals surface area contributed by atoms with Gasteiger partial charge in [-0.05, 0) is 42.3 Å². The quantitative estimate of drug-likeness (QED) is 0.461. The molecule has 9 heteroatoms. The summed E-state index contributed by atoms with van der Waals surface area (Å²) in [6.07, 6.45) is -0.843. The van der Waals surface area contributed by atoms with Crippen molar-refractivity contribution in [2.75, 3.05) is 19.9 Å². The fraction of sp³-hybridized carbons (Fsp3) is 0.350. The number of rotatable bonds is 8. The van der Waals surface area contributed by atoms with Crippen LogP contribution < -0.4 is 24.8 Å². The number of aliphatic hydroxyl groups excluding tert-OH is 1. The minimum Gasteiger partial charge on any atom is -0.454 e. The Labute approximate surface area is 167 Å². The Morgan fingerprint density at radius 2 is 1.90 bits per heavy atom. The number of alkyl halides is 2. The second-order valence-corrected chi connectivity index (χ2v) is 6.23. The van der Waals surface area contributed by atoms with Gasteiger partial charge >= 0.3 is 6.61 Å². The summed E-state index contributed by atoms with van der Waals surface area (Å²) < 4.78 is 39.4. The number of aliphatic imine (C=N–C) groups is 1. The summed E-state index contributed by atoms with van der Waals surface area (Å²) in [5, 5.41) is 16.5. The minimum absolute atomic E-state index is 0.0440. The van der Waals surface area contributed by atoms with Gasteiger partial charge in [-0.15, -0.1) is 0 Å². The number of hydrogen-bond donors (Lipinski definition) is 3. The van der Waals surface area contributed by atoms with Gasteiger partial charge in [0, 0.05) is 13.1 Å². The Morgan fingerprint density at radius 1 is 1.14 bits per heavy atom. The van der Waals surface area contributed by atoms with Crippen molar-refractivity contribution in [3.63, 3.8) is 0 Å². The van der Waals surface area contributed by atoms with E-state index < -0.39 is 12.7 Å². The van der Waals surface area contributed by atoms with E-state index >= 15 is 0 Å². The Bertz CT molecular complexity index is 831. The van der Waals surface area contributed by atoms with E-state index in [1.165, 1.54) is 12.1 Å². The Morgan fingerprint density at radius 3 is 2.62 bits per heavy atom. The zero-order valence-electron chi connectivity index (χ0n) is 15.9. The van der Waals surface area contributed by atoms with Crippen LogP contribution in [0, 0.1) is 0 Å². The van der Waals surface area contributed by atoms with E-state index in [0.717, 1.165) is 11.3 Å². The smallest absolute Gasteiger partial charge is 0.387 e. The molecule has 0 aliphatic carbocycles. The van der Waals surface area contributed by atoms with Gasteiger partial charge in [-0.25, -0.2) is 4.99 Å². The van der Waals surface area contributed by atoms with Crippen molar-refractivity contribution in [2.24, 2.45) is 4.99 Å². The first-order valence-electron chi connectivity index (χ1n) is 9.18. The number of benzene rings is 2. The number of aliphatic hydroxyl groups is 1. The van der Waals surface area contributed by atoms with E-state index in [1.54, 1.807) is 12.1 Å². The number of nitrogens with zero attached hydrogens (tertiary/aromatic N) is 1. The van der Waals surface area contributed by atoms with Crippen molar-refractivity contribution >= 4 is 5.96 Å². The highest BCUT2D eigenvalue weighted by Gasteiger charge is 2.13. The zero-order valence-corrected chi connectivity index (χ0v) is 15.9. The molecule has 1 aliphatic rings. The maximum Gasteiger partial charge on any atom is 0.387 e. The van der Waals surface area contributed by atoms with Crippen molar-refractivity contribution in [1.29, 1.82) is 0 Å². The third kappa shape index (κ3) is 5.95. The largest absolute Gasteiger partial charge is 0.454 e. The summed E-state index contributed by atoms with van der Waals surface area (Å²) in [6.45, 7) is 0.554. The first kappa shape index (κ1) is 20.7. The number of guanidine groups is 1. The second-order valence-electron chi connectivity index (χ2n) is 6.23. The van der Waals surface area contributed by atoms with Crippen LogP contribution in [-0.4, -0.2) is 37.6 Å². The molecule has 0 saturated heterocycles. The Balaban J connectivity index is 1.56. The summed E-state index contributed by atoms with van der Waals surface area (Å²) in [4.78, 5) is 4.51. The van der Waals surface area contributed by atoms with E-state index in [1.807, 2.05) is 25.1 Å². The third-order valence-electron chi connectivity index (χ3n) is 4.15. The van der Waals surface area contributed by atoms with Gasteiger partial charge in [-0.1, -0.05) is 18.2 Å². The van der Waals surface area contributed by atoms with Crippen LogP contribution in [0.5, 0.6) is 17.2 Å². The van der Waals surface area contributed by atoms with Crippen molar-refractivity contribution in [2.45, 2.75) is 26.2 Å². The second kappa shape index (κ2) is 9.92. The molecule has 1 heterocycles. The maximum atomic E-state index is 12.2. The predicted octanol–water partition coefficient (Wildman–Crippen LogP) is 2.81. The van der Waals surface area contributed by atoms with Gasteiger partial charge in [0.15, 0.2) is 17.5 Å². The molecular weight excluding hydrogens is 384 g/mol. The standard InChI is InChI=1S/C20H23F2N3O4/c1-2-23-20(24-10-13-3-8-17-18(9-13)28-12-27-17)25-11-16(26)14-4-6-15(7-5-14)29-19(21)22/h3-9,16,19,26H,2,10-12H2,1H3,(H2,23,24,25). The van der Waals surface area contributed by atoms with Crippen molar-refractivity contribution in [1.82, 2.24) is 10.6 Å². The fourth-order valence-corrected chi connectivity index (χ4v) is 2.73. The van der Waals surface area contributed by atoms with E-state index in [4.69, 9.17) is 9.47 Å². The monoisotopic (exact) mass is 407 g/mol. The molecule has 0 bridgehead atoms. The molecule has 3 rings (SSSR count). The van der Waals surface area contributed by atoms with Gasteiger partial charge in [-0.3, -0.25) is 0 Å². The van der Waals surface area contributed by atoms with Gasteiger partial charge in [0.05, 0.1) is 12.6 Å². The van der Waals surface area contributed by atoms with Gasteiger partial charge < -0.3 is 30.0 Å². The van der Waals surface area contributed by atoms with Gasteiger partial charge in [0.25, 0.3) is 0 Å². The first-order valence-corrected chi connectivity index (χ1v) is 9.18. The highest BCUT2D eigenvalue weighted by Crippen LogP contribution is 2.32. The molecule has 1 aliphatic heterocycles. The lowest BCUT2D eigenvalue weighted by atomic mass is 10.1. The topological polar surface area (TPSA) is 84.3 Å². The molecule has 0 aromatic heterocycles. The van der Waals surface area contributed by atoms with Gasteiger partial charge in [0.1, 0.15) is 5.75 Å². The number of fused-ring (bicyclic) bond motifs is 1. The third-order valence-corrected chi connectivity index (χ3v) is 4.15. The summed E-state index contributed by atoms with van der Waals surface area (Å²) in [5.41, 5.74) is 1.53. The molecular formula is C20H23F2N3O4. The molecule has 0 spiro atoms. The molecule has 2 aromatic rings. The lowest BCUT2D eigenvalue weighted by Gasteiger charge is -2.16. The lowest BCUT2D eigenvalue weighted by molar-refractivity contribution is -0.0498. The Hall–Kier alpha value is -3.07. The summed E-state index contributed by atoms with van der Waals surface area (Å²) in [6, 6.07) is 11.5. The van der Waals surface area contributed by atoms with E-state index in [0.29, 0.717) is 30.4 Å². The average molecular weight is 407 g/mol. The first-order chi connectivity index (χ1) is 14.0. The van der Waals surface area contributed by atoms with Gasteiger partial charge in [0.2, 0.25) is 6.79 Å². The van der Waals surface area contributed by atoms with Crippen LogP contribution in [0.1, 0.15) is 24.2 Å². The minimum atomic E-state index is -2.88. The summed E-state index contributed by atoms with van der Waals surface area (Å²) in [7, 11) is 0. The van der Waals surface area contributed by atoms with Gasteiger partial charge in [-0.2, -0.15) is 8.78 Å². The predicted molar refractivity (Wildman–Crippen MR) is 103 cm³/mol. The molecule has 0 radical (unpaired) electrons. The molecule has 0 saturated carbocycles. The van der Waals surface area contributed by atoms with Crippen LogP contribution in [0.2, 0.25) is 0 Å². The number of halogens is 2. The number of nitrogens with one attached hydrogen (secondary N) is 2. The molecule has 0 fully saturated rings. The maximum absolute atomic E-state index is 12.2. The molecule has 3 N–H and O–H groups in total. The zero-order chi connectivity index (χ0) is 20.6. The van der Waals surface area contributed by atoms with Crippen LogP contribution in [0.15, 0.2) is 47.5 Å². The van der Waals surface area contributed by atoms with Crippen molar-refractivity contribution < 1.29 is 28.1 Å². The molecule has 0 amide bonds. The summed E-state index contributed by atoms with van der Waals surface area (Å²) >= 11 is 0. The molecule has 29 heavy (non-hydrogen) atoms.